The quantitative estimate of drug-likeness (QED) is 0.618. The van der Waals surface area contributed by atoms with Gasteiger partial charge in [0, 0.05) is 5.56 Å². The fourth-order valence-electron chi connectivity index (χ4n) is 2.37. The van der Waals surface area contributed by atoms with Crippen LogP contribution in [0.5, 0.6) is 0 Å². The van der Waals surface area contributed by atoms with Gasteiger partial charge in [-0.2, -0.15) is 5.26 Å². The first-order chi connectivity index (χ1) is 12.5. The number of carboxylic acids is 1. The molecule has 128 valence electrons. The zero-order valence-corrected chi connectivity index (χ0v) is 14.0. The molecule has 0 aliphatic heterocycles. The zero-order valence-electron chi connectivity index (χ0n) is 13.2. The van der Waals surface area contributed by atoms with E-state index in [0.717, 1.165) is 0 Å². The predicted octanol–water partition coefficient (Wildman–Crippen LogP) is 5.50. The molecule has 0 unspecified atom stereocenters. The lowest BCUT2D eigenvalue weighted by Gasteiger charge is -2.03. The first kappa shape index (κ1) is 17.5. The number of carbonyl (C=O) groups is 1. The van der Waals surface area contributed by atoms with Gasteiger partial charge >= 0.3 is 5.97 Å². The maximum Gasteiger partial charge on any atom is 0.335 e. The molecule has 0 atom stereocenters. The molecule has 1 aromatic heterocycles. The summed E-state index contributed by atoms with van der Waals surface area (Å²) in [7, 11) is 0. The number of allylic oxidation sites excluding steroid dienone is 1. The second-order valence-corrected chi connectivity index (χ2v) is 5.79. The lowest BCUT2D eigenvalue weighted by atomic mass is 10.1. The van der Waals surface area contributed by atoms with Gasteiger partial charge in [-0.3, -0.25) is 0 Å². The van der Waals surface area contributed by atoms with Crippen LogP contribution in [0, 0.1) is 17.1 Å². The smallest absolute Gasteiger partial charge is 0.335 e. The highest BCUT2D eigenvalue weighted by atomic mass is 35.5. The number of benzene rings is 2. The second-order valence-electron chi connectivity index (χ2n) is 5.38. The lowest BCUT2D eigenvalue weighted by molar-refractivity contribution is 0.0697. The Balaban J connectivity index is 1.97. The summed E-state index contributed by atoms with van der Waals surface area (Å²) in [5, 5.41) is 18.8. The van der Waals surface area contributed by atoms with Crippen molar-refractivity contribution < 1.29 is 18.7 Å². The van der Waals surface area contributed by atoms with Crippen molar-refractivity contribution in [1.29, 1.82) is 5.26 Å². The molecule has 3 aromatic rings. The molecule has 0 radical (unpaired) electrons. The molecule has 0 fully saturated rings. The summed E-state index contributed by atoms with van der Waals surface area (Å²) in [5.41, 5.74) is 1.38. The molecule has 0 aliphatic rings. The number of rotatable bonds is 4. The maximum absolute atomic E-state index is 13.0. The fourth-order valence-corrected chi connectivity index (χ4v) is 2.58. The van der Waals surface area contributed by atoms with Crippen LogP contribution in [0.15, 0.2) is 59.0 Å². The minimum absolute atomic E-state index is 0.0851. The molecular weight excluding hydrogens is 357 g/mol. The van der Waals surface area contributed by atoms with Crippen LogP contribution in [0.2, 0.25) is 5.02 Å². The van der Waals surface area contributed by atoms with Crippen LogP contribution < -0.4 is 0 Å². The summed E-state index contributed by atoms with van der Waals surface area (Å²) in [6, 6.07) is 15.2. The number of aromatic carboxylic acids is 1. The lowest BCUT2D eigenvalue weighted by Crippen LogP contribution is -1.96. The second kappa shape index (κ2) is 7.26. The maximum atomic E-state index is 13.0. The molecule has 0 saturated carbocycles. The molecule has 0 aliphatic carbocycles. The third kappa shape index (κ3) is 3.66. The van der Waals surface area contributed by atoms with Crippen LogP contribution >= 0.6 is 11.6 Å². The first-order valence-corrected chi connectivity index (χ1v) is 7.86. The summed E-state index contributed by atoms with van der Waals surface area (Å²) in [5.74, 6) is -0.699. The Morgan fingerprint density at radius 1 is 1.12 bits per heavy atom. The van der Waals surface area contributed by atoms with Crippen molar-refractivity contribution in [2.24, 2.45) is 0 Å². The molecular formula is C20H11ClFNO3. The van der Waals surface area contributed by atoms with Crippen LogP contribution in [0.3, 0.4) is 0 Å². The van der Waals surface area contributed by atoms with Crippen molar-refractivity contribution in [3.63, 3.8) is 0 Å². The highest BCUT2D eigenvalue weighted by Gasteiger charge is 2.12. The number of hydrogen-bond acceptors (Lipinski definition) is 3. The van der Waals surface area contributed by atoms with E-state index >= 15 is 0 Å². The van der Waals surface area contributed by atoms with E-state index in [0.29, 0.717) is 33.2 Å². The van der Waals surface area contributed by atoms with Crippen LogP contribution in [-0.4, -0.2) is 11.1 Å². The minimum Gasteiger partial charge on any atom is -0.478 e. The Bertz CT molecular complexity index is 1050. The summed E-state index contributed by atoms with van der Waals surface area (Å²) >= 11 is 6.13. The van der Waals surface area contributed by atoms with Crippen molar-refractivity contribution in [3.8, 4) is 17.4 Å². The van der Waals surface area contributed by atoms with Crippen molar-refractivity contribution in [3.05, 3.63) is 82.3 Å². The summed E-state index contributed by atoms with van der Waals surface area (Å²) < 4.78 is 18.7. The molecule has 4 nitrogen and oxygen atoms in total. The Morgan fingerprint density at radius 2 is 1.81 bits per heavy atom. The van der Waals surface area contributed by atoms with Gasteiger partial charge in [0.25, 0.3) is 0 Å². The first-order valence-electron chi connectivity index (χ1n) is 7.48. The molecule has 0 amide bonds. The molecule has 0 bridgehead atoms. The predicted molar refractivity (Wildman–Crippen MR) is 96.0 cm³/mol. The van der Waals surface area contributed by atoms with Crippen molar-refractivity contribution in [2.75, 3.05) is 0 Å². The fraction of sp³-hybridized carbons (Fsp3) is 0. The highest BCUT2D eigenvalue weighted by molar-refractivity contribution is 6.33. The van der Waals surface area contributed by atoms with Gasteiger partial charge in [-0.15, -0.1) is 0 Å². The number of nitrogens with zero attached hydrogens (tertiary/aromatic N) is 1. The minimum atomic E-state index is -1.07. The SMILES string of the molecule is N#C/C(=C\c1ccc(-c2cc(C(=O)O)ccc2Cl)o1)c1ccc(F)cc1. The molecule has 0 spiro atoms. The van der Waals surface area contributed by atoms with Gasteiger partial charge in [0.15, 0.2) is 0 Å². The normalized spacial score (nSPS) is 11.2. The van der Waals surface area contributed by atoms with Crippen LogP contribution in [0.4, 0.5) is 4.39 Å². The summed E-state index contributed by atoms with van der Waals surface area (Å²) in [6.45, 7) is 0. The third-order valence-corrected chi connectivity index (χ3v) is 4.00. The van der Waals surface area contributed by atoms with E-state index in [4.69, 9.17) is 21.1 Å². The van der Waals surface area contributed by atoms with Gasteiger partial charge in [0.2, 0.25) is 0 Å². The van der Waals surface area contributed by atoms with E-state index in [-0.39, 0.29) is 11.4 Å². The molecule has 2 aromatic carbocycles. The monoisotopic (exact) mass is 367 g/mol. The Kier molecular flexibility index (Phi) is 4.87. The van der Waals surface area contributed by atoms with E-state index in [1.807, 2.05) is 6.07 Å². The van der Waals surface area contributed by atoms with Crippen LogP contribution in [0.25, 0.3) is 23.0 Å². The van der Waals surface area contributed by atoms with Crippen LogP contribution in [-0.2, 0) is 0 Å². The topological polar surface area (TPSA) is 74.2 Å². The largest absolute Gasteiger partial charge is 0.478 e. The molecule has 6 heteroatoms. The summed E-state index contributed by atoms with van der Waals surface area (Å²) in [4.78, 5) is 11.1. The van der Waals surface area contributed by atoms with Crippen molar-refractivity contribution in [2.45, 2.75) is 0 Å². The Hall–Kier alpha value is -3.36. The zero-order chi connectivity index (χ0) is 18.7. The number of carboxylic acid groups (broad SMARTS) is 1. The molecule has 3 rings (SSSR count). The van der Waals surface area contributed by atoms with E-state index in [1.165, 1.54) is 48.5 Å². The Morgan fingerprint density at radius 3 is 2.46 bits per heavy atom. The number of furan rings is 1. The van der Waals surface area contributed by atoms with E-state index < -0.39 is 5.97 Å². The van der Waals surface area contributed by atoms with Crippen molar-refractivity contribution >= 4 is 29.2 Å². The summed E-state index contributed by atoms with van der Waals surface area (Å²) in [6.07, 6.45) is 1.52. The molecule has 0 saturated heterocycles. The van der Waals surface area contributed by atoms with Gasteiger partial charge in [-0.05, 0) is 54.1 Å². The van der Waals surface area contributed by atoms with Gasteiger partial charge in [0.05, 0.1) is 22.2 Å². The highest BCUT2D eigenvalue weighted by Crippen LogP contribution is 2.31. The molecule has 26 heavy (non-hydrogen) atoms. The average molecular weight is 368 g/mol. The third-order valence-electron chi connectivity index (χ3n) is 3.67. The van der Waals surface area contributed by atoms with Gasteiger partial charge in [-0.25, -0.2) is 9.18 Å². The molecule has 1 N–H and O–H groups in total. The Labute approximate surface area is 153 Å². The van der Waals surface area contributed by atoms with Crippen molar-refractivity contribution in [1.82, 2.24) is 0 Å². The number of hydrogen-bond donors (Lipinski definition) is 1. The average Bonchev–Trinajstić information content (AvgIpc) is 3.09. The standard InChI is InChI=1S/C20H11ClFNO3/c21-18-7-3-13(20(24)25)10-17(18)19-8-6-16(26-19)9-14(11-23)12-1-4-15(22)5-2-12/h1-10H,(H,24,25)/b14-9+. The molecule has 1 heterocycles. The number of nitriles is 1. The van der Waals surface area contributed by atoms with Crippen LogP contribution in [0.1, 0.15) is 21.7 Å². The van der Waals surface area contributed by atoms with E-state index in [2.05, 4.69) is 0 Å². The van der Waals surface area contributed by atoms with E-state index in [1.54, 1.807) is 12.1 Å². The van der Waals surface area contributed by atoms with E-state index in [9.17, 15) is 14.4 Å². The van der Waals surface area contributed by atoms with Gasteiger partial charge in [-0.1, -0.05) is 23.7 Å². The number of halogens is 2. The van der Waals surface area contributed by atoms with Gasteiger partial charge < -0.3 is 9.52 Å². The van der Waals surface area contributed by atoms with Gasteiger partial charge in [0.1, 0.15) is 17.3 Å².